The molecule has 120 valence electrons. The number of carboxylic acid groups (broad SMARTS) is 2. The van der Waals surface area contributed by atoms with Crippen molar-refractivity contribution in [3.8, 4) is 0 Å². The summed E-state index contributed by atoms with van der Waals surface area (Å²) in [6.45, 7) is -0.176. The number of amides is 1. The summed E-state index contributed by atoms with van der Waals surface area (Å²) in [6.07, 6.45) is 4.94. The summed E-state index contributed by atoms with van der Waals surface area (Å²) in [5.41, 5.74) is -1.81. The quantitative estimate of drug-likeness (QED) is 0.800. The van der Waals surface area contributed by atoms with Gasteiger partial charge in [0.25, 0.3) is 5.91 Å². The molecule has 0 spiro atoms. The van der Waals surface area contributed by atoms with E-state index in [1.54, 1.807) is 28.5 Å². The molecule has 2 N–H and O–H groups in total. The van der Waals surface area contributed by atoms with E-state index in [0.29, 0.717) is 11.2 Å². The lowest BCUT2D eigenvalue weighted by Gasteiger charge is -2.19. The molecule has 4 rings (SSSR count). The van der Waals surface area contributed by atoms with Gasteiger partial charge in [0.15, 0.2) is 0 Å². The van der Waals surface area contributed by atoms with Crippen LogP contribution in [0.15, 0.2) is 18.6 Å². The van der Waals surface area contributed by atoms with Crippen molar-refractivity contribution >= 4 is 23.5 Å². The summed E-state index contributed by atoms with van der Waals surface area (Å²) in [5.74, 6) is -2.71. The number of carbonyl (C=O) groups excluding carboxylic acids is 1. The van der Waals surface area contributed by atoms with Crippen molar-refractivity contribution in [2.24, 2.45) is 17.9 Å². The molecular weight excluding hydrogens is 304 g/mol. The fraction of sp³-hybridized carbons (Fsp3) is 0.429. The Balaban J connectivity index is 1.70. The van der Waals surface area contributed by atoms with Gasteiger partial charge < -0.3 is 19.7 Å². The lowest BCUT2D eigenvalue weighted by atomic mass is 9.97. The number of likely N-dealkylation sites (tertiary alicyclic amines) is 1. The molecule has 0 radical (unpaired) electrons. The number of carboxylic acids is 2. The Morgan fingerprint density at radius 3 is 2.30 bits per heavy atom. The van der Waals surface area contributed by atoms with Gasteiger partial charge in [-0.25, -0.2) is 4.52 Å². The minimum absolute atomic E-state index is 0.0715. The first-order valence-electron chi connectivity index (χ1n) is 7.07. The first-order valence-corrected chi connectivity index (χ1v) is 7.07. The van der Waals surface area contributed by atoms with Crippen molar-refractivity contribution in [3.63, 3.8) is 0 Å². The fourth-order valence-corrected chi connectivity index (χ4v) is 3.80. The van der Waals surface area contributed by atoms with Crippen molar-refractivity contribution in [2.75, 3.05) is 13.1 Å². The van der Waals surface area contributed by atoms with Crippen molar-refractivity contribution in [3.05, 3.63) is 24.2 Å². The summed E-state index contributed by atoms with van der Waals surface area (Å²) >= 11 is 0. The van der Waals surface area contributed by atoms with Gasteiger partial charge in [-0.2, -0.15) is 5.10 Å². The van der Waals surface area contributed by atoms with Crippen LogP contribution in [0.1, 0.15) is 16.8 Å². The standard InChI is InChI=1S/C14H14N4O5/c1-16-2-3-18-9(16)8(4-15-18)10(19)17-6-13(11(20)21)5-14(13,7-17)12(22)23/h2-4H,5-7H2,1H3,(H,20,21)(H,22,23)/t13-,14+. The Hall–Kier alpha value is -2.84. The number of fused-ring (bicyclic) bond motifs is 2. The van der Waals surface area contributed by atoms with Crippen LogP contribution < -0.4 is 0 Å². The third-order valence-corrected chi connectivity index (χ3v) is 5.19. The predicted octanol–water partition coefficient (Wildman–Crippen LogP) is -0.326. The van der Waals surface area contributed by atoms with Crippen molar-refractivity contribution < 1.29 is 24.6 Å². The molecule has 2 aliphatic rings. The molecule has 0 aromatic carbocycles. The number of nitrogens with zero attached hydrogens (tertiary/aromatic N) is 4. The predicted molar refractivity (Wildman–Crippen MR) is 74.8 cm³/mol. The second kappa shape index (κ2) is 3.92. The molecule has 9 heteroatoms. The molecule has 23 heavy (non-hydrogen) atoms. The highest BCUT2D eigenvalue weighted by atomic mass is 16.4. The van der Waals surface area contributed by atoms with E-state index in [1.165, 1.54) is 11.1 Å². The Labute approximate surface area is 129 Å². The van der Waals surface area contributed by atoms with Gasteiger partial charge >= 0.3 is 11.9 Å². The maximum absolute atomic E-state index is 12.7. The first kappa shape index (κ1) is 13.8. The summed E-state index contributed by atoms with van der Waals surface area (Å²) < 4.78 is 3.28. The fourth-order valence-electron chi connectivity index (χ4n) is 3.80. The smallest absolute Gasteiger partial charge is 0.312 e. The summed E-state index contributed by atoms with van der Waals surface area (Å²) in [4.78, 5) is 37.1. The number of rotatable bonds is 3. The Morgan fingerprint density at radius 1 is 1.13 bits per heavy atom. The normalized spacial score (nSPS) is 28.8. The van der Waals surface area contributed by atoms with Crippen molar-refractivity contribution in [1.82, 2.24) is 19.1 Å². The van der Waals surface area contributed by atoms with Crippen LogP contribution in [0.25, 0.3) is 5.65 Å². The van der Waals surface area contributed by atoms with Crippen LogP contribution in [-0.2, 0) is 16.6 Å². The number of hydrogen-bond donors (Lipinski definition) is 2. The maximum atomic E-state index is 12.7. The Morgan fingerprint density at radius 2 is 1.74 bits per heavy atom. The molecule has 2 fully saturated rings. The average Bonchev–Trinajstić information content (AvgIpc) is 2.86. The highest BCUT2D eigenvalue weighted by Gasteiger charge is 2.81. The molecule has 2 aromatic heterocycles. The van der Waals surface area contributed by atoms with Gasteiger partial charge in [0.1, 0.15) is 22.0 Å². The van der Waals surface area contributed by atoms with Gasteiger partial charge in [-0.15, -0.1) is 0 Å². The molecule has 2 atom stereocenters. The lowest BCUT2D eigenvalue weighted by Crippen LogP contribution is -2.34. The number of aryl methyl sites for hydroxylation is 1. The number of hydrogen-bond acceptors (Lipinski definition) is 4. The molecule has 0 bridgehead atoms. The largest absolute Gasteiger partial charge is 0.481 e. The highest BCUT2D eigenvalue weighted by Crippen LogP contribution is 2.68. The van der Waals surface area contributed by atoms with Gasteiger partial charge in [-0.05, 0) is 6.42 Å². The van der Waals surface area contributed by atoms with Crippen LogP contribution in [0.3, 0.4) is 0 Å². The minimum Gasteiger partial charge on any atom is -0.481 e. The summed E-state index contributed by atoms with van der Waals surface area (Å²) in [7, 11) is 1.77. The Bertz CT molecular complexity index is 855. The van der Waals surface area contributed by atoms with E-state index in [9.17, 15) is 24.6 Å². The molecule has 9 nitrogen and oxygen atoms in total. The number of aliphatic carboxylic acids is 2. The summed E-state index contributed by atoms with van der Waals surface area (Å²) in [5, 5.41) is 22.9. The van der Waals surface area contributed by atoms with Gasteiger partial charge in [0.2, 0.25) is 0 Å². The van der Waals surface area contributed by atoms with Gasteiger partial charge in [-0.1, -0.05) is 0 Å². The zero-order valence-electron chi connectivity index (χ0n) is 12.3. The van der Waals surface area contributed by atoms with Gasteiger partial charge in [0, 0.05) is 32.5 Å². The zero-order chi connectivity index (χ0) is 16.6. The van der Waals surface area contributed by atoms with E-state index in [4.69, 9.17) is 0 Å². The molecule has 1 amide bonds. The molecule has 1 saturated heterocycles. The van der Waals surface area contributed by atoms with Crippen LogP contribution in [0.5, 0.6) is 0 Å². The number of piperidine rings is 1. The number of carbonyl (C=O) groups is 3. The molecule has 1 aliphatic carbocycles. The topological polar surface area (TPSA) is 117 Å². The van der Waals surface area contributed by atoms with E-state index in [0.717, 1.165) is 0 Å². The van der Waals surface area contributed by atoms with E-state index >= 15 is 0 Å². The highest BCUT2D eigenvalue weighted by molar-refractivity contribution is 6.03. The lowest BCUT2D eigenvalue weighted by molar-refractivity contribution is -0.151. The monoisotopic (exact) mass is 318 g/mol. The third kappa shape index (κ3) is 1.46. The third-order valence-electron chi connectivity index (χ3n) is 5.19. The second-order valence-electron chi connectivity index (χ2n) is 6.35. The SMILES string of the molecule is Cn1ccn2ncc(C(=O)N3C[C@@]4(C(=O)O)C[C@@]4(C(=O)O)C3)c12. The maximum Gasteiger partial charge on any atom is 0.312 e. The van der Waals surface area contributed by atoms with Gasteiger partial charge in [-0.3, -0.25) is 14.4 Å². The molecule has 0 unspecified atom stereocenters. The molecule has 1 aliphatic heterocycles. The van der Waals surface area contributed by atoms with Crippen molar-refractivity contribution in [2.45, 2.75) is 6.42 Å². The molecule has 2 aromatic rings. The molecule has 1 saturated carbocycles. The van der Waals surface area contributed by atoms with E-state index in [2.05, 4.69) is 5.10 Å². The van der Waals surface area contributed by atoms with Crippen LogP contribution >= 0.6 is 0 Å². The zero-order valence-corrected chi connectivity index (χ0v) is 12.3. The van der Waals surface area contributed by atoms with E-state index < -0.39 is 28.7 Å². The van der Waals surface area contributed by atoms with Crippen LogP contribution in [-0.4, -0.2) is 60.2 Å². The van der Waals surface area contributed by atoms with Crippen LogP contribution in [0.4, 0.5) is 0 Å². The Kier molecular flexibility index (Phi) is 2.35. The van der Waals surface area contributed by atoms with E-state index in [-0.39, 0.29) is 19.5 Å². The first-order chi connectivity index (χ1) is 10.8. The summed E-state index contributed by atoms with van der Waals surface area (Å²) in [6, 6.07) is 0. The van der Waals surface area contributed by atoms with E-state index in [1.807, 2.05) is 0 Å². The number of aromatic nitrogens is 3. The molecular formula is C14H14N4O5. The van der Waals surface area contributed by atoms with Crippen LogP contribution in [0.2, 0.25) is 0 Å². The second-order valence-corrected chi connectivity index (χ2v) is 6.35. The van der Waals surface area contributed by atoms with Crippen LogP contribution in [0, 0.1) is 10.8 Å². The average molecular weight is 318 g/mol. The molecule has 3 heterocycles. The number of imidazole rings is 1. The minimum atomic E-state index is -1.37. The van der Waals surface area contributed by atoms with Crippen molar-refractivity contribution in [1.29, 1.82) is 0 Å². The van der Waals surface area contributed by atoms with Gasteiger partial charge in [0.05, 0.1) is 6.20 Å².